The summed E-state index contributed by atoms with van der Waals surface area (Å²) in [6.07, 6.45) is 7.97. The number of hydrogen-bond acceptors (Lipinski definition) is 3. The van der Waals surface area contributed by atoms with Crippen molar-refractivity contribution in [3.8, 4) is 6.07 Å². The van der Waals surface area contributed by atoms with Gasteiger partial charge in [0.05, 0.1) is 23.8 Å². The maximum Gasteiger partial charge on any atom is 0.217 e. The van der Waals surface area contributed by atoms with Crippen molar-refractivity contribution in [3.05, 3.63) is 35.4 Å². The van der Waals surface area contributed by atoms with Gasteiger partial charge in [-0.15, -0.1) is 0 Å². The van der Waals surface area contributed by atoms with E-state index in [0.717, 1.165) is 18.4 Å². The van der Waals surface area contributed by atoms with Crippen LogP contribution in [0.4, 0.5) is 0 Å². The van der Waals surface area contributed by atoms with E-state index in [-0.39, 0.29) is 24.2 Å². The summed E-state index contributed by atoms with van der Waals surface area (Å²) >= 11 is 0. The Morgan fingerprint density at radius 2 is 1.96 bits per heavy atom. The molecule has 1 aromatic carbocycles. The summed E-state index contributed by atoms with van der Waals surface area (Å²) < 4.78 is 6.46. The van der Waals surface area contributed by atoms with E-state index in [1.807, 2.05) is 24.3 Å². The van der Waals surface area contributed by atoms with Crippen LogP contribution < -0.4 is 5.32 Å². The molecule has 2 aliphatic rings. The molecule has 3 rings (SSSR count). The van der Waals surface area contributed by atoms with Crippen molar-refractivity contribution in [1.82, 2.24) is 5.32 Å². The molecule has 1 amide bonds. The molecular weight excluding hydrogens is 300 g/mol. The van der Waals surface area contributed by atoms with Gasteiger partial charge in [-0.2, -0.15) is 5.26 Å². The van der Waals surface area contributed by atoms with Crippen molar-refractivity contribution >= 4 is 5.91 Å². The minimum Gasteiger partial charge on any atom is -0.370 e. The lowest BCUT2D eigenvalue weighted by molar-refractivity contribution is -0.124. The van der Waals surface area contributed by atoms with Gasteiger partial charge in [-0.25, -0.2) is 0 Å². The minimum absolute atomic E-state index is 0.0108. The van der Waals surface area contributed by atoms with E-state index in [1.54, 1.807) is 6.92 Å². The highest BCUT2D eigenvalue weighted by molar-refractivity contribution is 5.73. The first-order valence-electron chi connectivity index (χ1n) is 9.09. The quantitative estimate of drug-likeness (QED) is 0.917. The first kappa shape index (κ1) is 17.0. The van der Waals surface area contributed by atoms with Gasteiger partial charge in [-0.05, 0) is 43.2 Å². The molecule has 2 fully saturated rings. The Kier molecular flexibility index (Phi) is 5.52. The fourth-order valence-corrected chi connectivity index (χ4v) is 4.25. The maximum atomic E-state index is 11.6. The molecule has 0 spiro atoms. The fourth-order valence-electron chi connectivity index (χ4n) is 4.25. The number of benzene rings is 1. The third kappa shape index (κ3) is 3.96. The molecule has 0 radical (unpaired) electrons. The molecule has 0 bridgehead atoms. The third-order valence-corrected chi connectivity index (χ3v) is 5.37. The number of carbonyl (C=O) groups excluding carboxylic acids is 1. The maximum absolute atomic E-state index is 11.6. The van der Waals surface area contributed by atoms with Crippen LogP contribution in [0.2, 0.25) is 0 Å². The zero-order valence-electron chi connectivity index (χ0n) is 14.3. The second-order valence-corrected chi connectivity index (χ2v) is 7.13. The standard InChI is InChI=1S/C20H26N2O2/c1-14(23)22-17-11-19(15-7-3-2-4-8-15)24-20(12-17)18-10-6-5-9-16(18)13-21/h5-6,9-10,15,17,19-20H,2-4,7-8,11-12H2,1H3,(H,22,23)/t17-,19-,20+/m0/s1. The molecule has 4 heteroatoms. The predicted octanol–water partition coefficient (Wildman–Crippen LogP) is 3.86. The molecule has 0 unspecified atom stereocenters. The minimum atomic E-state index is -0.113. The molecule has 128 valence electrons. The number of amides is 1. The van der Waals surface area contributed by atoms with Crippen LogP contribution in [0.5, 0.6) is 0 Å². The van der Waals surface area contributed by atoms with E-state index in [1.165, 1.54) is 32.1 Å². The largest absolute Gasteiger partial charge is 0.370 e. The normalized spacial score (nSPS) is 28.1. The summed E-state index contributed by atoms with van der Waals surface area (Å²) in [6.45, 7) is 1.57. The highest BCUT2D eigenvalue weighted by Gasteiger charge is 2.36. The average molecular weight is 326 g/mol. The Labute approximate surface area is 144 Å². The zero-order chi connectivity index (χ0) is 16.9. The Bertz CT molecular complexity index is 616. The van der Waals surface area contributed by atoms with Crippen LogP contribution >= 0.6 is 0 Å². The lowest BCUT2D eigenvalue weighted by Gasteiger charge is -2.41. The molecule has 24 heavy (non-hydrogen) atoms. The molecule has 1 saturated carbocycles. The number of hydrogen-bond donors (Lipinski definition) is 1. The topological polar surface area (TPSA) is 62.1 Å². The fraction of sp³-hybridized carbons (Fsp3) is 0.600. The van der Waals surface area contributed by atoms with Crippen LogP contribution in [0.15, 0.2) is 24.3 Å². The SMILES string of the molecule is CC(=O)N[C@H]1C[C@@H](C2CCCCC2)O[C@@H](c2ccccc2C#N)C1. The van der Waals surface area contributed by atoms with Crippen LogP contribution in [-0.2, 0) is 9.53 Å². The molecule has 1 aliphatic carbocycles. The molecule has 0 aromatic heterocycles. The van der Waals surface area contributed by atoms with Gasteiger partial charge in [-0.3, -0.25) is 4.79 Å². The monoisotopic (exact) mass is 326 g/mol. The Hall–Kier alpha value is -1.86. The number of carbonyl (C=O) groups is 1. The van der Waals surface area contributed by atoms with Gasteiger partial charge in [0.1, 0.15) is 0 Å². The van der Waals surface area contributed by atoms with E-state index in [2.05, 4.69) is 11.4 Å². The number of nitrogens with one attached hydrogen (secondary N) is 1. The second-order valence-electron chi connectivity index (χ2n) is 7.13. The van der Waals surface area contributed by atoms with Gasteiger partial charge in [0.2, 0.25) is 5.91 Å². The molecule has 1 aromatic rings. The summed E-state index contributed by atoms with van der Waals surface area (Å²) in [5.41, 5.74) is 1.63. The van der Waals surface area contributed by atoms with Gasteiger partial charge in [-0.1, -0.05) is 37.5 Å². The van der Waals surface area contributed by atoms with Crippen LogP contribution in [0.1, 0.15) is 69.1 Å². The Balaban J connectivity index is 1.82. The zero-order valence-corrected chi connectivity index (χ0v) is 14.3. The van der Waals surface area contributed by atoms with Crippen molar-refractivity contribution in [2.45, 2.75) is 70.1 Å². The molecule has 1 aliphatic heterocycles. The van der Waals surface area contributed by atoms with Gasteiger partial charge in [0.25, 0.3) is 0 Å². The highest BCUT2D eigenvalue weighted by atomic mass is 16.5. The number of ether oxygens (including phenoxy) is 1. The Morgan fingerprint density at radius 3 is 2.67 bits per heavy atom. The first-order valence-corrected chi connectivity index (χ1v) is 9.09. The summed E-state index contributed by atoms with van der Waals surface area (Å²) in [5, 5.41) is 12.5. The van der Waals surface area contributed by atoms with Crippen molar-refractivity contribution in [2.24, 2.45) is 5.92 Å². The van der Waals surface area contributed by atoms with Crippen molar-refractivity contribution in [2.75, 3.05) is 0 Å². The first-order chi connectivity index (χ1) is 11.7. The van der Waals surface area contributed by atoms with Crippen LogP contribution in [0.25, 0.3) is 0 Å². The van der Waals surface area contributed by atoms with E-state index in [9.17, 15) is 10.1 Å². The summed E-state index contributed by atoms with van der Waals surface area (Å²) in [5.74, 6) is 0.587. The van der Waals surface area contributed by atoms with Gasteiger partial charge in [0, 0.05) is 13.0 Å². The summed E-state index contributed by atoms with van der Waals surface area (Å²) in [7, 11) is 0. The van der Waals surface area contributed by atoms with E-state index in [0.29, 0.717) is 11.5 Å². The molecular formula is C20H26N2O2. The summed E-state index contributed by atoms with van der Waals surface area (Å²) in [6, 6.07) is 10.1. The summed E-state index contributed by atoms with van der Waals surface area (Å²) in [4.78, 5) is 11.6. The van der Waals surface area contributed by atoms with Crippen LogP contribution in [0.3, 0.4) is 0 Å². The average Bonchev–Trinajstić information content (AvgIpc) is 2.61. The lowest BCUT2D eigenvalue weighted by Crippen LogP contribution is -2.45. The molecule has 4 nitrogen and oxygen atoms in total. The highest BCUT2D eigenvalue weighted by Crippen LogP contribution is 2.39. The Morgan fingerprint density at radius 1 is 1.21 bits per heavy atom. The molecule has 1 saturated heterocycles. The van der Waals surface area contributed by atoms with Crippen LogP contribution in [0, 0.1) is 17.2 Å². The van der Waals surface area contributed by atoms with E-state index >= 15 is 0 Å². The molecule has 1 heterocycles. The van der Waals surface area contributed by atoms with E-state index < -0.39 is 0 Å². The number of rotatable bonds is 3. The lowest BCUT2D eigenvalue weighted by atomic mass is 9.80. The van der Waals surface area contributed by atoms with E-state index in [4.69, 9.17) is 4.74 Å². The van der Waals surface area contributed by atoms with Crippen LogP contribution in [-0.4, -0.2) is 18.1 Å². The van der Waals surface area contributed by atoms with Crippen molar-refractivity contribution < 1.29 is 9.53 Å². The number of nitrogens with zero attached hydrogens (tertiary/aromatic N) is 1. The molecule has 1 N–H and O–H groups in total. The smallest absolute Gasteiger partial charge is 0.217 e. The second kappa shape index (κ2) is 7.81. The van der Waals surface area contributed by atoms with Crippen molar-refractivity contribution in [3.63, 3.8) is 0 Å². The van der Waals surface area contributed by atoms with Gasteiger partial charge in [0.15, 0.2) is 0 Å². The van der Waals surface area contributed by atoms with Crippen molar-refractivity contribution in [1.29, 1.82) is 5.26 Å². The number of nitriles is 1. The predicted molar refractivity (Wildman–Crippen MR) is 92.2 cm³/mol. The van der Waals surface area contributed by atoms with Gasteiger partial charge < -0.3 is 10.1 Å². The molecule has 3 atom stereocenters. The third-order valence-electron chi connectivity index (χ3n) is 5.37. The van der Waals surface area contributed by atoms with Gasteiger partial charge >= 0.3 is 0 Å².